The van der Waals surface area contributed by atoms with E-state index in [0.29, 0.717) is 49.3 Å². The van der Waals surface area contributed by atoms with Gasteiger partial charge in [-0.1, -0.05) is 0 Å². The van der Waals surface area contributed by atoms with Gasteiger partial charge in [-0.3, -0.25) is 0 Å². The summed E-state index contributed by atoms with van der Waals surface area (Å²) in [5, 5.41) is 9.82. The second-order valence-corrected chi connectivity index (χ2v) is 5.19. The van der Waals surface area contributed by atoms with Gasteiger partial charge in [0.15, 0.2) is 11.4 Å². The summed E-state index contributed by atoms with van der Waals surface area (Å²) < 4.78 is 5.92. The number of rotatable bonds is 3. The fraction of sp³-hybridized carbons (Fsp3) is 0.538. The van der Waals surface area contributed by atoms with Crippen molar-refractivity contribution in [3.05, 3.63) is 11.3 Å². The largest absolute Gasteiger partial charge is 0.455 e. The van der Waals surface area contributed by atoms with Crippen LogP contribution in [0.15, 0.2) is 4.42 Å². The highest BCUT2D eigenvalue weighted by molar-refractivity contribution is 5.88. The van der Waals surface area contributed by atoms with E-state index >= 15 is 0 Å². The molecule has 0 saturated heterocycles. The van der Waals surface area contributed by atoms with Crippen LogP contribution in [0.5, 0.6) is 0 Å². The van der Waals surface area contributed by atoms with Gasteiger partial charge in [-0.05, 0) is 6.42 Å². The van der Waals surface area contributed by atoms with Gasteiger partial charge in [0.25, 0.3) is 0 Å². The minimum absolute atomic E-state index is 0.208. The zero-order valence-corrected chi connectivity index (χ0v) is 11.5. The summed E-state index contributed by atoms with van der Waals surface area (Å²) in [5.41, 5.74) is 13.7. The molecule has 0 fully saturated rings. The van der Waals surface area contributed by atoms with E-state index in [2.05, 4.69) is 9.97 Å². The van der Waals surface area contributed by atoms with Gasteiger partial charge >= 0.3 is 0 Å². The van der Waals surface area contributed by atoms with Crippen LogP contribution in [0, 0.1) is 0 Å². The summed E-state index contributed by atoms with van der Waals surface area (Å²) in [5.74, 6) is 1.74. The predicted octanol–water partition coefficient (Wildman–Crippen LogP) is 0.0495. The van der Waals surface area contributed by atoms with Crippen molar-refractivity contribution in [3.63, 3.8) is 0 Å². The van der Waals surface area contributed by atoms with E-state index in [4.69, 9.17) is 15.9 Å². The topological polar surface area (TPSA) is 114 Å². The van der Waals surface area contributed by atoms with E-state index in [0.717, 1.165) is 11.3 Å². The van der Waals surface area contributed by atoms with Crippen molar-refractivity contribution in [1.29, 1.82) is 0 Å². The number of aromatic nitrogens is 2. The minimum atomic E-state index is -0.343. The first-order valence-electron chi connectivity index (χ1n) is 6.77. The van der Waals surface area contributed by atoms with Crippen LogP contribution >= 0.6 is 0 Å². The molecule has 2 aromatic heterocycles. The van der Waals surface area contributed by atoms with E-state index in [1.54, 1.807) is 0 Å². The maximum Gasteiger partial charge on any atom is 0.222 e. The van der Waals surface area contributed by atoms with Crippen LogP contribution in [0.1, 0.15) is 17.7 Å². The predicted molar refractivity (Wildman–Crippen MR) is 76.6 cm³/mol. The van der Waals surface area contributed by atoms with Crippen LogP contribution in [0.3, 0.4) is 0 Å². The monoisotopic (exact) mass is 277 g/mol. The van der Waals surface area contributed by atoms with Gasteiger partial charge in [0.1, 0.15) is 11.3 Å². The average Bonchev–Trinajstić information content (AvgIpc) is 2.76. The number of furan rings is 1. The Balaban J connectivity index is 2.17. The van der Waals surface area contributed by atoms with Gasteiger partial charge < -0.3 is 25.9 Å². The molecule has 20 heavy (non-hydrogen) atoms. The summed E-state index contributed by atoms with van der Waals surface area (Å²) in [6.45, 7) is 1.17. The van der Waals surface area contributed by atoms with Gasteiger partial charge in [0.2, 0.25) is 5.95 Å². The number of nitrogen functional groups attached to an aromatic ring is 1. The average molecular weight is 277 g/mol. The Kier molecular flexibility index (Phi) is 3.23. The summed E-state index contributed by atoms with van der Waals surface area (Å²) in [6.07, 6.45) is 1.64. The van der Waals surface area contributed by atoms with Gasteiger partial charge in [-0.15, -0.1) is 0 Å². The molecule has 1 atom stereocenters. The first-order chi connectivity index (χ1) is 9.60. The zero-order valence-electron chi connectivity index (χ0n) is 11.5. The summed E-state index contributed by atoms with van der Waals surface area (Å²) in [6, 6.07) is 0. The fourth-order valence-corrected chi connectivity index (χ4v) is 2.68. The lowest BCUT2D eigenvalue weighted by Crippen LogP contribution is -2.26. The second kappa shape index (κ2) is 4.92. The molecule has 2 heterocycles. The Bertz CT molecular complexity index is 639. The molecule has 0 aromatic carbocycles. The number of hydrogen-bond acceptors (Lipinski definition) is 7. The maximum atomic E-state index is 9.82. The van der Waals surface area contributed by atoms with Crippen molar-refractivity contribution in [2.45, 2.75) is 25.4 Å². The zero-order chi connectivity index (χ0) is 14.3. The van der Waals surface area contributed by atoms with Crippen molar-refractivity contribution in [2.75, 3.05) is 30.8 Å². The molecule has 0 bridgehead atoms. The molecule has 0 amide bonds. The standard InChI is InChI=1S/C13H19N5O2/c1-18(5-4-14)12-11-10(16-13(15)17-12)8-6-7(19)2-3-9(8)20-11/h7,19H,2-6,14H2,1H3,(H2,15,16,17). The molecular formula is C13H19N5O2. The number of likely N-dealkylation sites (N-methyl/N-ethyl adjacent to an activating group) is 1. The lowest BCUT2D eigenvalue weighted by molar-refractivity contribution is 0.155. The van der Waals surface area contributed by atoms with Crippen LogP contribution in [-0.2, 0) is 12.8 Å². The Morgan fingerprint density at radius 2 is 2.25 bits per heavy atom. The molecule has 0 spiro atoms. The number of anilines is 2. The molecule has 7 nitrogen and oxygen atoms in total. The summed E-state index contributed by atoms with van der Waals surface area (Å²) in [7, 11) is 1.89. The molecule has 1 unspecified atom stereocenters. The van der Waals surface area contributed by atoms with Crippen molar-refractivity contribution in [3.8, 4) is 0 Å². The number of hydrogen-bond donors (Lipinski definition) is 3. The summed E-state index contributed by atoms with van der Waals surface area (Å²) >= 11 is 0. The number of nitrogens with two attached hydrogens (primary N) is 2. The Morgan fingerprint density at radius 1 is 1.45 bits per heavy atom. The maximum absolute atomic E-state index is 9.82. The number of nitrogens with zero attached hydrogens (tertiary/aromatic N) is 3. The molecule has 1 aliphatic carbocycles. The van der Waals surface area contributed by atoms with Crippen LogP contribution in [0.25, 0.3) is 11.1 Å². The molecule has 108 valence electrons. The van der Waals surface area contributed by atoms with Crippen LogP contribution in [0.4, 0.5) is 11.8 Å². The lowest BCUT2D eigenvalue weighted by Gasteiger charge is -2.17. The third-order valence-electron chi connectivity index (χ3n) is 3.68. The number of aryl methyl sites for hydroxylation is 1. The van der Waals surface area contributed by atoms with E-state index in [9.17, 15) is 5.11 Å². The number of aliphatic hydroxyl groups excluding tert-OH is 1. The van der Waals surface area contributed by atoms with E-state index in [-0.39, 0.29) is 12.1 Å². The molecule has 1 aliphatic rings. The van der Waals surface area contributed by atoms with E-state index in [1.165, 1.54) is 0 Å². The van der Waals surface area contributed by atoms with Gasteiger partial charge in [-0.25, -0.2) is 4.98 Å². The quantitative estimate of drug-likeness (QED) is 0.726. The van der Waals surface area contributed by atoms with Crippen molar-refractivity contribution in [1.82, 2.24) is 9.97 Å². The SMILES string of the molecule is CN(CCN)c1nc(N)nc2c3c(oc12)CCC(O)C3. The molecular weight excluding hydrogens is 258 g/mol. The van der Waals surface area contributed by atoms with Gasteiger partial charge in [0, 0.05) is 38.5 Å². The van der Waals surface area contributed by atoms with Crippen molar-refractivity contribution in [2.24, 2.45) is 5.73 Å². The Morgan fingerprint density at radius 3 is 3.00 bits per heavy atom. The minimum Gasteiger partial charge on any atom is -0.455 e. The van der Waals surface area contributed by atoms with E-state index < -0.39 is 0 Å². The smallest absolute Gasteiger partial charge is 0.222 e. The third-order valence-corrected chi connectivity index (χ3v) is 3.68. The van der Waals surface area contributed by atoms with Crippen molar-refractivity contribution >= 4 is 22.9 Å². The third kappa shape index (κ3) is 2.08. The highest BCUT2D eigenvalue weighted by Crippen LogP contribution is 2.35. The summed E-state index contributed by atoms with van der Waals surface area (Å²) in [4.78, 5) is 10.5. The van der Waals surface area contributed by atoms with Gasteiger partial charge in [0.05, 0.1) is 6.10 Å². The highest BCUT2D eigenvalue weighted by Gasteiger charge is 2.26. The molecule has 2 aromatic rings. The molecule has 0 radical (unpaired) electrons. The number of fused-ring (bicyclic) bond motifs is 3. The highest BCUT2D eigenvalue weighted by atomic mass is 16.3. The fourth-order valence-electron chi connectivity index (χ4n) is 2.68. The van der Waals surface area contributed by atoms with Crippen molar-refractivity contribution < 1.29 is 9.52 Å². The second-order valence-electron chi connectivity index (χ2n) is 5.19. The van der Waals surface area contributed by atoms with Crippen LogP contribution in [-0.4, -0.2) is 41.3 Å². The first kappa shape index (κ1) is 13.1. The molecule has 5 N–H and O–H groups in total. The number of aliphatic hydroxyl groups is 1. The van der Waals surface area contributed by atoms with Crippen LogP contribution < -0.4 is 16.4 Å². The van der Waals surface area contributed by atoms with Gasteiger partial charge in [-0.2, -0.15) is 4.98 Å². The molecule has 3 rings (SSSR count). The molecule has 0 saturated carbocycles. The van der Waals surface area contributed by atoms with Crippen LogP contribution in [0.2, 0.25) is 0 Å². The Hall–Kier alpha value is -1.86. The normalized spacial score (nSPS) is 18.2. The molecule has 0 aliphatic heterocycles. The first-order valence-corrected chi connectivity index (χ1v) is 6.77. The lowest BCUT2D eigenvalue weighted by atomic mass is 9.95. The molecule has 7 heteroatoms. The Labute approximate surface area is 116 Å². The van der Waals surface area contributed by atoms with E-state index in [1.807, 2.05) is 11.9 Å².